The van der Waals surface area contributed by atoms with Crippen LogP contribution in [0, 0.1) is 5.41 Å². The van der Waals surface area contributed by atoms with Gasteiger partial charge in [0.15, 0.2) is 5.78 Å². The molecule has 6 rings (SSSR count). The molecular formula is C39H50N2O4S. The minimum Gasteiger partial charge on any atom is -0.393 e. The van der Waals surface area contributed by atoms with E-state index < -0.39 is 17.1 Å². The molecule has 1 saturated carbocycles. The number of ketones is 1. The fraction of sp³-hybridized carbons (Fsp3) is 0.487. The van der Waals surface area contributed by atoms with Crippen LogP contribution in [0.5, 0.6) is 0 Å². The molecule has 0 spiro atoms. The van der Waals surface area contributed by atoms with Crippen molar-refractivity contribution in [2.45, 2.75) is 103 Å². The van der Waals surface area contributed by atoms with Crippen LogP contribution in [0.4, 0.5) is 4.79 Å². The highest BCUT2D eigenvalue weighted by Gasteiger charge is 2.57. The summed E-state index contributed by atoms with van der Waals surface area (Å²) in [7, 11) is 0. The van der Waals surface area contributed by atoms with Gasteiger partial charge in [0.05, 0.1) is 18.2 Å². The molecule has 0 unspecified atom stereocenters. The van der Waals surface area contributed by atoms with Crippen LogP contribution in [0.2, 0.25) is 0 Å². The normalized spacial score (nSPS) is 25.1. The first-order valence-corrected chi connectivity index (χ1v) is 17.7. The Morgan fingerprint density at radius 1 is 1.07 bits per heavy atom. The largest absolute Gasteiger partial charge is 0.393 e. The van der Waals surface area contributed by atoms with E-state index in [2.05, 4.69) is 48.8 Å². The standard InChI is InChI=1S/C39H50N2O4S/c1-27(2)40-37(44)41(22-19-32-13-9-23-46-32)26-39(45)21-18-35-33-17-15-29(25-34(33)36(43)30-11-6-5-7-12-30)24-31(42)16-14-28(3)10-8-20-38(35,39)4/h5-7,9-13,15,17,23,25,27,31,35,42,45H,8,14,16,18-22,24,26H2,1-4H3,(H,40,44)/t31-,35-,38-,39+/m0/s1. The molecule has 3 aromatic rings. The van der Waals surface area contributed by atoms with E-state index in [0.29, 0.717) is 49.8 Å². The molecule has 1 heterocycles. The first-order chi connectivity index (χ1) is 22.0. The Hall–Kier alpha value is -3.26. The number of rotatable bonds is 8. The van der Waals surface area contributed by atoms with Crippen molar-refractivity contribution < 1.29 is 19.8 Å². The number of hydrogen-bond donors (Lipinski definition) is 3. The van der Waals surface area contributed by atoms with E-state index in [0.717, 1.165) is 30.4 Å². The Morgan fingerprint density at radius 3 is 2.57 bits per heavy atom. The van der Waals surface area contributed by atoms with Gasteiger partial charge in [-0.05, 0) is 107 Å². The fourth-order valence-electron chi connectivity index (χ4n) is 7.55. The number of benzene rings is 2. The van der Waals surface area contributed by atoms with Gasteiger partial charge < -0.3 is 20.4 Å². The van der Waals surface area contributed by atoms with E-state index in [1.165, 1.54) is 10.5 Å². The zero-order valence-corrected chi connectivity index (χ0v) is 28.6. The Kier molecular flexibility index (Phi) is 10.9. The number of allylic oxidation sites excluding steroid dienone is 2. The lowest BCUT2D eigenvalue weighted by Gasteiger charge is -2.46. The molecule has 46 heavy (non-hydrogen) atoms. The van der Waals surface area contributed by atoms with Gasteiger partial charge in [0.2, 0.25) is 0 Å². The minimum absolute atomic E-state index is 0.0237. The van der Waals surface area contributed by atoms with Crippen molar-refractivity contribution in [1.29, 1.82) is 0 Å². The van der Waals surface area contributed by atoms with Gasteiger partial charge in [0.1, 0.15) is 0 Å². The van der Waals surface area contributed by atoms with Crippen LogP contribution in [0.1, 0.15) is 104 Å². The molecule has 7 heteroatoms. The third kappa shape index (κ3) is 7.64. The summed E-state index contributed by atoms with van der Waals surface area (Å²) >= 11 is 1.68. The number of fused-ring (bicyclic) bond motifs is 8. The van der Waals surface area contributed by atoms with Crippen molar-refractivity contribution in [3.63, 3.8) is 0 Å². The second kappa shape index (κ2) is 14.7. The molecule has 246 valence electrons. The molecule has 0 aliphatic heterocycles. The second-order valence-electron chi connectivity index (χ2n) is 14.0. The summed E-state index contributed by atoms with van der Waals surface area (Å²) in [5.41, 5.74) is 2.62. The van der Waals surface area contributed by atoms with Crippen LogP contribution in [0.25, 0.3) is 0 Å². The van der Waals surface area contributed by atoms with Crippen molar-refractivity contribution in [2.24, 2.45) is 5.41 Å². The molecule has 6 nitrogen and oxygen atoms in total. The molecule has 2 aromatic carbocycles. The molecule has 1 aromatic heterocycles. The molecular weight excluding hydrogens is 593 g/mol. The highest BCUT2D eigenvalue weighted by molar-refractivity contribution is 7.09. The summed E-state index contributed by atoms with van der Waals surface area (Å²) in [6.45, 7) is 8.93. The topological polar surface area (TPSA) is 89.9 Å². The number of nitrogens with zero attached hydrogens (tertiary/aromatic N) is 1. The lowest BCUT2D eigenvalue weighted by atomic mass is 9.64. The van der Waals surface area contributed by atoms with Crippen molar-refractivity contribution in [2.75, 3.05) is 13.1 Å². The third-order valence-corrected chi connectivity index (χ3v) is 11.2. The second-order valence-corrected chi connectivity index (χ2v) is 15.0. The molecule has 4 atom stereocenters. The molecule has 1 fully saturated rings. The molecule has 2 bridgehead atoms. The third-order valence-electron chi connectivity index (χ3n) is 10.3. The number of hydrogen-bond acceptors (Lipinski definition) is 5. The Balaban J connectivity index is 1.56. The van der Waals surface area contributed by atoms with Gasteiger partial charge in [-0.2, -0.15) is 0 Å². The van der Waals surface area contributed by atoms with Gasteiger partial charge in [0, 0.05) is 34.0 Å². The maximum absolute atomic E-state index is 14.1. The highest BCUT2D eigenvalue weighted by Crippen LogP contribution is 2.59. The average molecular weight is 643 g/mol. The van der Waals surface area contributed by atoms with Crippen LogP contribution >= 0.6 is 11.3 Å². The van der Waals surface area contributed by atoms with Gasteiger partial charge in [-0.15, -0.1) is 11.3 Å². The van der Waals surface area contributed by atoms with Crippen molar-refractivity contribution in [1.82, 2.24) is 10.2 Å². The van der Waals surface area contributed by atoms with Gasteiger partial charge >= 0.3 is 6.03 Å². The number of carbonyl (C=O) groups is 2. The average Bonchev–Trinajstić information content (AvgIpc) is 3.64. The monoisotopic (exact) mass is 642 g/mol. The van der Waals surface area contributed by atoms with Crippen molar-refractivity contribution in [3.8, 4) is 0 Å². The molecule has 0 radical (unpaired) electrons. The molecule has 3 aliphatic rings. The maximum atomic E-state index is 14.1. The summed E-state index contributed by atoms with van der Waals surface area (Å²) in [5.74, 6) is -0.135. The number of aliphatic hydroxyl groups excluding tert-OH is 1. The van der Waals surface area contributed by atoms with Gasteiger partial charge in [-0.25, -0.2) is 4.79 Å². The molecule has 3 N–H and O–H groups in total. The van der Waals surface area contributed by atoms with E-state index in [1.807, 2.05) is 56.3 Å². The fourth-order valence-corrected chi connectivity index (χ4v) is 8.25. The van der Waals surface area contributed by atoms with E-state index in [4.69, 9.17) is 0 Å². The number of nitrogens with one attached hydrogen (secondary N) is 1. The van der Waals surface area contributed by atoms with Crippen LogP contribution in [0.3, 0.4) is 0 Å². The van der Waals surface area contributed by atoms with Crippen LogP contribution < -0.4 is 5.32 Å². The zero-order valence-electron chi connectivity index (χ0n) is 27.8. The summed E-state index contributed by atoms with van der Waals surface area (Å²) in [5, 5.41) is 28.8. The van der Waals surface area contributed by atoms with E-state index >= 15 is 0 Å². The summed E-state index contributed by atoms with van der Waals surface area (Å²) in [4.78, 5) is 30.7. The molecule has 3 aliphatic carbocycles. The summed E-state index contributed by atoms with van der Waals surface area (Å²) in [6.07, 6.45) is 7.13. The van der Waals surface area contributed by atoms with Gasteiger partial charge in [-0.1, -0.05) is 67.1 Å². The van der Waals surface area contributed by atoms with Crippen LogP contribution in [-0.2, 0) is 12.8 Å². The lowest BCUT2D eigenvalue weighted by Crippen LogP contribution is -2.56. The maximum Gasteiger partial charge on any atom is 0.317 e. The first-order valence-electron chi connectivity index (χ1n) is 16.9. The Morgan fingerprint density at radius 2 is 1.85 bits per heavy atom. The van der Waals surface area contributed by atoms with Gasteiger partial charge in [-0.3, -0.25) is 4.79 Å². The first kappa shape index (κ1) is 34.1. The summed E-state index contributed by atoms with van der Waals surface area (Å²) in [6, 6.07) is 19.4. The Bertz CT molecular complexity index is 1520. The predicted octanol–water partition coefficient (Wildman–Crippen LogP) is 7.68. The molecule has 2 amide bonds. The SMILES string of the molecule is CC1=CCC[C@@]2(C)[C@@H](CC[C@@]2(O)CN(CCc2cccs2)C(=O)NC(C)C)c2ccc(cc2C(=O)c2ccccc2)C[C@@H](O)CC1. The zero-order chi connectivity index (χ0) is 32.9. The number of urea groups is 1. The quantitative estimate of drug-likeness (QED) is 0.174. The predicted molar refractivity (Wildman–Crippen MR) is 187 cm³/mol. The number of amides is 2. The lowest BCUT2D eigenvalue weighted by molar-refractivity contribution is -0.0769. The summed E-state index contributed by atoms with van der Waals surface area (Å²) < 4.78 is 0. The van der Waals surface area contributed by atoms with Crippen molar-refractivity contribution in [3.05, 3.63) is 105 Å². The minimum atomic E-state index is -1.16. The van der Waals surface area contributed by atoms with E-state index in [-0.39, 0.29) is 30.3 Å². The smallest absolute Gasteiger partial charge is 0.317 e. The van der Waals surface area contributed by atoms with Crippen LogP contribution in [0.15, 0.2) is 77.7 Å². The van der Waals surface area contributed by atoms with E-state index in [1.54, 1.807) is 16.2 Å². The number of aliphatic hydroxyl groups is 2. The Labute approximate surface area is 278 Å². The van der Waals surface area contributed by atoms with Crippen molar-refractivity contribution >= 4 is 23.2 Å². The number of carbonyl (C=O) groups excluding carboxylic acids is 2. The van der Waals surface area contributed by atoms with Crippen LogP contribution in [-0.4, -0.2) is 57.8 Å². The highest BCUT2D eigenvalue weighted by atomic mass is 32.1. The molecule has 0 saturated heterocycles. The van der Waals surface area contributed by atoms with E-state index in [9.17, 15) is 19.8 Å². The number of thiophene rings is 1. The van der Waals surface area contributed by atoms with Gasteiger partial charge in [0.25, 0.3) is 0 Å².